The highest BCUT2D eigenvalue weighted by molar-refractivity contribution is 8.30. The van der Waals surface area contributed by atoms with E-state index < -0.39 is 52.4 Å². The molecule has 1 amide bonds. The van der Waals surface area contributed by atoms with Crippen molar-refractivity contribution in [2.45, 2.75) is 31.7 Å². The number of anilines is 1. The molecular formula is C26H27N3O10S5. The summed E-state index contributed by atoms with van der Waals surface area (Å²) in [5.74, 6) is -3.40. The average molecular weight is 702 g/mol. The fourth-order valence-electron chi connectivity index (χ4n) is 4.41. The third-order valence-corrected chi connectivity index (χ3v) is 11.1. The zero-order valence-electron chi connectivity index (χ0n) is 23.5. The van der Waals surface area contributed by atoms with Gasteiger partial charge in [0.2, 0.25) is 0 Å². The van der Waals surface area contributed by atoms with Crippen LogP contribution in [0.1, 0.15) is 20.3 Å². The van der Waals surface area contributed by atoms with E-state index >= 15 is 0 Å². The molecule has 0 bridgehead atoms. The van der Waals surface area contributed by atoms with Crippen LogP contribution in [-0.4, -0.2) is 80.8 Å². The molecule has 44 heavy (non-hydrogen) atoms. The Morgan fingerprint density at radius 2 is 1.77 bits per heavy atom. The SMILES string of the molecule is COc1ccc2c(c1)N(CCCS(=O)(=O)O)/C(=C(\C=c1/s/c(=C3\SC(=S)N(CC(=O)O)C3=O)n(CC(=O)O)c1=O)C(C)C)S2. The Kier molecular flexibility index (Phi) is 10.3. The quantitative estimate of drug-likeness (QED) is 0.227. The zero-order valence-corrected chi connectivity index (χ0v) is 27.6. The minimum absolute atomic E-state index is 0.0262. The topological polar surface area (TPSA) is 184 Å². The van der Waals surface area contributed by atoms with Crippen LogP contribution in [0, 0.1) is 5.92 Å². The van der Waals surface area contributed by atoms with E-state index in [-0.39, 0.29) is 37.3 Å². The summed E-state index contributed by atoms with van der Waals surface area (Å²) in [5, 5.41) is 19.4. The number of amides is 1. The van der Waals surface area contributed by atoms with Gasteiger partial charge >= 0.3 is 11.9 Å². The Hall–Kier alpha value is -3.16. The maximum Gasteiger partial charge on any atom is 0.323 e. The molecule has 1 saturated heterocycles. The number of aliphatic carboxylic acids is 2. The molecule has 1 aromatic heterocycles. The minimum Gasteiger partial charge on any atom is -0.497 e. The number of ether oxygens (including phenoxy) is 1. The van der Waals surface area contributed by atoms with Crippen LogP contribution in [0.4, 0.5) is 5.69 Å². The Labute approximate surface area is 269 Å². The van der Waals surface area contributed by atoms with Crippen molar-refractivity contribution in [2.75, 3.05) is 30.9 Å². The van der Waals surface area contributed by atoms with Crippen LogP contribution in [-0.2, 0) is 31.0 Å². The molecule has 0 unspecified atom stereocenters. The summed E-state index contributed by atoms with van der Waals surface area (Å²) in [6.07, 6.45) is 1.72. The smallest absolute Gasteiger partial charge is 0.323 e. The monoisotopic (exact) mass is 701 g/mol. The predicted molar refractivity (Wildman–Crippen MR) is 172 cm³/mol. The molecule has 3 heterocycles. The number of carboxylic acids is 2. The molecule has 0 atom stereocenters. The Morgan fingerprint density at radius 3 is 2.36 bits per heavy atom. The Morgan fingerprint density at radius 1 is 1.09 bits per heavy atom. The highest BCUT2D eigenvalue weighted by Gasteiger charge is 2.36. The van der Waals surface area contributed by atoms with Gasteiger partial charge in [0.05, 0.1) is 28.1 Å². The van der Waals surface area contributed by atoms with Crippen molar-refractivity contribution in [3.63, 3.8) is 0 Å². The van der Waals surface area contributed by atoms with Crippen molar-refractivity contribution in [1.82, 2.24) is 9.47 Å². The number of methoxy groups -OCH3 is 1. The largest absolute Gasteiger partial charge is 0.497 e. The van der Waals surface area contributed by atoms with Crippen molar-refractivity contribution >= 4 is 96.0 Å². The number of carbonyl (C=O) groups excluding carboxylic acids is 1. The molecule has 1 fully saturated rings. The van der Waals surface area contributed by atoms with Crippen LogP contribution in [0.3, 0.4) is 0 Å². The normalized spacial score (nSPS) is 18.0. The van der Waals surface area contributed by atoms with Crippen LogP contribution >= 0.6 is 47.1 Å². The second-order valence-corrected chi connectivity index (χ2v) is 15.1. The van der Waals surface area contributed by atoms with Crippen molar-refractivity contribution in [3.05, 3.63) is 48.4 Å². The summed E-state index contributed by atoms with van der Waals surface area (Å²) in [5.41, 5.74) is 0.773. The number of hydrogen-bond acceptors (Lipinski definition) is 12. The first kappa shape index (κ1) is 33.7. The highest BCUT2D eigenvalue weighted by Crippen LogP contribution is 2.49. The van der Waals surface area contributed by atoms with Gasteiger partial charge in [-0.15, -0.1) is 11.3 Å². The number of carbonyl (C=O) groups is 3. The van der Waals surface area contributed by atoms with E-state index in [0.29, 0.717) is 16.4 Å². The van der Waals surface area contributed by atoms with E-state index in [1.165, 1.54) is 18.9 Å². The van der Waals surface area contributed by atoms with Crippen LogP contribution in [0.15, 0.2) is 38.5 Å². The van der Waals surface area contributed by atoms with Gasteiger partial charge in [-0.05, 0) is 36.1 Å². The van der Waals surface area contributed by atoms with Gasteiger partial charge in [0.15, 0.2) is 0 Å². The van der Waals surface area contributed by atoms with E-state index in [4.69, 9.17) is 17.0 Å². The Balaban J connectivity index is 1.93. The van der Waals surface area contributed by atoms with Crippen LogP contribution in [0.5, 0.6) is 5.75 Å². The van der Waals surface area contributed by atoms with Crippen molar-refractivity contribution in [3.8, 4) is 5.75 Å². The number of fused-ring (bicyclic) bond motifs is 1. The second kappa shape index (κ2) is 13.5. The standard InChI is InChI=1S/C26H27N3O10S5/c1-13(2)15(24-27(7-4-8-44(36,37)38)16-9-14(39-3)5-6-17(16)41-24)10-18-22(34)28(11-19(30)31)25(42-18)21-23(35)29(12-20(32)33)26(40)43-21/h5-6,9-10,13H,4,7-8,11-12H2,1-3H3,(H,30,31)(H,32,33)(H,36,37,38)/b18-10-,24-15-,25-21-. The van der Waals surface area contributed by atoms with Gasteiger partial charge in [-0.1, -0.05) is 49.6 Å². The van der Waals surface area contributed by atoms with E-state index in [1.807, 2.05) is 24.8 Å². The molecule has 4 rings (SSSR count). The second-order valence-electron chi connectivity index (χ2n) is 9.83. The molecule has 18 heteroatoms. The molecule has 2 aliphatic heterocycles. The van der Waals surface area contributed by atoms with E-state index in [0.717, 1.165) is 43.1 Å². The first-order valence-electron chi connectivity index (χ1n) is 12.9. The summed E-state index contributed by atoms with van der Waals surface area (Å²) in [4.78, 5) is 53.3. The van der Waals surface area contributed by atoms with Crippen LogP contribution in [0.25, 0.3) is 11.0 Å². The molecule has 0 spiro atoms. The average Bonchev–Trinajstić information content (AvgIpc) is 3.52. The lowest BCUT2D eigenvalue weighted by Gasteiger charge is -2.24. The lowest BCUT2D eigenvalue weighted by atomic mass is 10.0. The summed E-state index contributed by atoms with van der Waals surface area (Å²) >= 11 is 8.27. The number of carboxylic acid groups (broad SMARTS) is 2. The van der Waals surface area contributed by atoms with Crippen molar-refractivity contribution in [1.29, 1.82) is 0 Å². The number of rotatable bonds is 11. The fraction of sp³-hybridized carbons (Fsp3) is 0.346. The molecule has 0 aliphatic carbocycles. The predicted octanol–water partition coefficient (Wildman–Crippen LogP) is 1.59. The van der Waals surface area contributed by atoms with Gasteiger partial charge in [-0.3, -0.25) is 33.2 Å². The van der Waals surface area contributed by atoms with Gasteiger partial charge in [0.25, 0.3) is 21.6 Å². The summed E-state index contributed by atoms with van der Waals surface area (Å²) in [6.45, 7) is 2.59. The third kappa shape index (κ3) is 7.37. The van der Waals surface area contributed by atoms with Gasteiger partial charge in [-0.2, -0.15) is 8.42 Å². The van der Waals surface area contributed by atoms with Crippen molar-refractivity contribution < 1.29 is 42.3 Å². The molecule has 236 valence electrons. The van der Waals surface area contributed by atoms with Gasteiger partial charge in [0, 0.05) is 17.5 Å². The van der Waals surface area contributed by atoms with Gasteiger partial charge in [0.1, 0.15) is 32.7 Å². The lowest BCUT2D eigenvalue weighted by molar-refractivity contribution is -0.140. The number of allylic oxidation sites excluding steroid dienone is 1. The third-order valence-electron chi connectivity index (χ3n) is 6.39. The first-order chi connectivity index (χ1) is 20.6. The minimum atomic E-state index is -4.20. The number of hydrogen-bond donors (Lipinski definition) is 3. The number of benzene rings is 1. The Bertz CT molecular complexity index is 1880. The number of aromatic nitrogens is 1. The molecule has 2 aliphatic rings. The molecule has 1 aromatic carbocycles. The molecule has 0 saturated carbocycles. The van der Waals surface area contributed by atoms with E-state index in [1.54, 1.807) is 18.2 Å². The summed E-state index contributed by atoms with van der Waals surface area (Å²) in [7, 11) is -2.68. The molecule has 0 radical (unpaired) electrons. The fourth-order valence-corrected chi connectivity index (χ4v) is 8.74. The molecular weight excluding hydrogens is 675 g/mol. The number of thiocarbonyl (C=S) groups is 1. The maximum atomic E-state index is 13.6. The summed E-state index contributed by atoms with van der Waals surface area (Å²) in [6, 6.07) is 5.44. The van der Waals surface area contributed by atoms with Crippen LogP contribution in [0.2, 0.25) is 0 Å². The lowest BCUT2D eigenvalue weighted by Crippen LogP contribution is -2.36. The number of nitrogens with zero attached hydrogens (tertiary/aromatic N) is 3. The van der Waals surface area contributed by atoms with E-state index in [2.05, 4.69) is 0 Å². The van der Waals surface area contributed by atoms with Gasteiger partial charge < -0.3 is 19.8 Å². The molecule has 2 aromatic rings. The highest BCUT2D eigenvalue weighted by atomic mass is 32.2. The molecule has 13 nitrogen and oxygen atoms in total. The first-order valence-corrected chi connectivity index (χ1v) is 17.3. The zero-order chi connectivity index (χ0) is 32.5. The van der Waals surface area contributed by atoms with Gasteiger partial charge in [-0.25, -0.2) is 0 Å². The van der Waals surface area contributed by atoms with Crippen molar-refractivity contribution in [2.24, 2.45) is 5.92 Å². The number of thiazole rings is 1. The summed E-state index contributed by atoms with van der Waals surface area (Å²) < 4.78 is 38.7. The van der Waals surface area contributed by atoms with E-state index in [9.17, 15) is 42.4 Å². The maximum absolute atomic E-state index is 13.6. The number of thioether (sulfide) groups is 2. The van der Waals surface area contributed by atoms with Crippen LogP contribution < -0.4 is 24.4 Å². The molecule has 3 N–H and O–H groups in total.